The number of nitrogens with one attached hydrogen (secondary N) is 2. The summed E-state index contributed by atoms with van der Waals surface area (Å²) in [6.07, 6.45) is -2.35. The summed E-state index contributed by atoms with van der Waals surface area (Å²) in [7, 11) is 0. The number of hydrogen-bond donors (Lipinski definition) is 2. The van der Waals surface area contributed by atoms with E-state index < -0.39 is 17.5 Å². The van der Waals surface area contributed by atoms with Crippen LogP contribution >= 0.6 is 11.6 Å². The lowest BCUT2D eigenvalue weighted by atomic mass is 9.92. The molecule has 0 spiro atoms. The van der Waals surface area contributed by atoms with Gasteiger partial charge < -0.3 is 15.5 Å². The fourth-order valence-electron chi connectivity index (χ4n) is 2.31. The van der Waals surface area contributed by atoms with Gasteiger partial charge in [-0.1, -0.05) is 0 Å². The molecule has 2 rings (SSSR count). The first kappa shape index (κ1) is 19.3. The second-order valence-electron chi connectivity index (χ2n) is 5.96. The maximum absolute atomic E-state index is 14.5. The number of allylic oxidation sites excluding steroid dienone is 3. The highest BCUT2D eigenvalue weighted by molar-refractivity contribution is 6.31. The highest BCUT2D eigenvalue weighted by atomic mass is 35.5. The first-order valence-electron chi connectivity index (χ1n) is 7.39. The normalized spacial score (nSPS) is 15.2. The highest BCUT2D eigenvalue weighted by Crippen LogP contribution is 2.32. The van der Waals surface area contributed by atoms with E-state index in [-0.39, 0.29) is 35.2 Å². The molecule has 0 saturated heterocycles. The predicted octanol–water partition coefficient (Wildman–Crippen LogP) is 4.81. The van der Waals surface area contributed by atoms with Crippen LogP contribution in [0.25, 0.3) is 0 Å². The Kier molecular flexibility index (Phi) is 5.46. The monoisotopic (exact) mass is 376 g/mol. The van der Waals surface area contributed by atoms with Crippen LogP contribution in [0.15, 0.2) is 41.8 Å². The quantitative estimate of drug-likeness (QED) is 0.440. The lowest BCUT2D eigenvalue weighted by Crippen LogP contribution is -2.31. The van der Waals surface area contributed by atoms with Gasteiger partial charge in [0.25, 0.3) is 0 Å². The lowest BCUT2D eigenvalue weighted by molar-refractivity contribution is -0.0968. The molecule has 8 heteroatoms. The van der Waals surface area contributed by atoms with Gasteiger partial charge in [0, 0.05) is 11.1 Å². The number of benzene rings is 1. The highest BCUT2D eigenvalue weighted by Gasteiger charge is 2.34. The minimum absolute atomic E-state index is 0.0661. The zero-order chi connectivity index (χ0) is 18.8. The summed E-state index contributed by atoms with van der Waals surface area (Å²) < 4.78 is 57.7. The van der Waals surface area contributed by atoms with Crippen LogP contribution in [0, 0.1) is 5.41 Å². The molecule has 0 unspecified atom stereocenters. The molecule has 0 amide bonds. The van der Waals surface area contributed by atoms with Crippen molar-refractivity contribution < 1.29 is 22.3 Å². The Balaban J connectivity index is 2.29. The van der Waals surface area contributed by atoms with E-state index in [9.17, 15) is 17.6 Å². The topological polar surface area (TPSA) is 45.1 Å². The predicted molar refractivity (Wildman–Crippen MR) is 89.0 cm³/mol. The van der Waals surface area contributed by atoms with Gasteiger partial charge >= 0.3 is 6.18 Å². The van der Waals surface area contributed by atoms with Gasteiger partial charge in [0.2, 0.25) is 0 Å². The third kappa shape index (κ3) is 4.75. The molecule has 25 heavy (non-hydrogen) atoms. The van der Waals surface area contributed by atoms with Gasteiger partial charge in [-0.3, -0.25) is 0 Å². The molecular formula is C17H17ClF4N2O. The fraction of sp³-hybridized carbons (Fsp3) is 0.353. The summed E-state index contributed by atoms with van der Waals surface area (Å²) >= 11 is 5.66. The molecule has 1 aliphatic heterocycles. The third-order valence-electron chi connectivity index (χ3n) is 3.53. The number of ether oxygens (including phenoxy) is 1. The third-order valence-corrected chi connectivity index (χ3v) is 3.80. The Bertz CT molecular complexity index is 733. The zero-order valence-corrected chi connectivity index (χ0v) is 14.4. The standard InChI is InChI=1S/C17H17ClF4N2O/c1-16(2,19)13-7-10(3-5-12(13)14(23)8-18)25-11-4-6-15(24-9-11)17(20,21)22/h3-7,23-24H,8-9H2,1-2H3. The molecule has 0 fully saturated rings. The van der Waals surface area contributed by atoms with Gasteiger partial charge in [-0.15, -0.1) is 11.6 Å². The van der Waals surface area contributed by atoms with E-state index >= 15 is 0 Å². The summed E-state index contributed by atoms with van der Waals surface area (Å²) in [6, 6.07) is 4.47. The number of halogens is 5. The van der Waals surface area contributed by atoms with Gasteiger partial charge in [-0.05, 0) is 44.2 Å². The van der Waals surface area contributed by atoms with Gasteiger partial charge in [0.05, 0.1) is 18.1 Å². The molecule has 1 aliphatic rings. The number of dihydropyridines is 1. The molecule has 0 saturated carbocycles. The van der Waals surface area contributed by atoms with Gasteiger partial charge in [0.1, 0.15) is 22.9 Å². The molecule has 0 aliphatic carbocycles. The molecule has 1 heterocycles. The summed E-state index contributed by atoms with van der Waals surface area (Å²) in [6.45, 7) is 2.55. The van der Waals surface area contributed by atoms with Crippen LogP contribution in [0.5, 0.6) is 5.75 Å². The summed E-state index contributed by atoms with van der Waals surface area (Å²) in [5.41, 5.74) is -1.92. The van der Waals surface area contributed by atoms with Crippen LogP contribution in [-0.2, 0) is 5.67 Å². The zero-order valence-electron chi connectivity index (χ0n) is 13.6. The van der Waals surface area contributed by atoms with Gasteiger partial charge in [0.15, 0.2) is 0 Å². The van der Waals surface area contributed by atoms with Crippen molar-refractivity contribution in [2.24, 2.45) is 0 Å². The van der Waals surface area contributed by atoms with E-state index in [0.717, 1.165) is 6.08 Å². The van der Waals surface area contributed by atoms with Crippen LogP contribution in [0.1, 0.15) is 25.0 Å². The smallest absolute Gasteiger partial charge is 0.430 e. The van der Waals surface area contributed by atoms with E-state index in [2.05, 4.69) is 5.32 Å². The molecule has 0 bridgehead atoms. The Labute approximate surface area is 147 Å². The summed E-state index contributed by atoms with van der Waals surface area (Å²) in [4.78, 5) is 0. The average molecular weight is 377 g/mol. The van der Waals surface area contributed by atoms with E-state index in [1.54, 1.807) is 0 Å². The molecule has 2 N–H and O–H groups in total. The van der Waals surface area contributed by atoms with Crippen molar-refractivity contribution >= 4 is 17.3 Å². The average Bonchev–Trinajstić information content (AvgIpc) is 2.53. The molecule has 0 atom stereocenters. The minimum Gasteiger partial charge on any atom is -0.460 e. The first-order valence-corrected chi connectivity index (χ1v) is 7.93. The molecular weight excluding hydrogens is 360 g/mol. The maximum Gasteiger partial charge on any atom is 0.430 e. The minimum atomic E-state index is -4.45. The number of rotatable bonds is 5. The molecule has 136 valence electrons. The van der Waals surface area contributed by atoms with Crippen LogP contribution in [0.3, 0.4) is 0 Å². The van der Waals surface area contributed by atoms with E-state index in [4.69, 9.17) is 21.7 Å². The second-order valence-corrected chi connectivity index (χ2v) is 6.23. The SMILES string of the molecule is CC(C)(F)c1cc(OC2=CC=C(C(F)(F)F)NC2)ccc1C(=N)CCl. The first-order chi connectivity index (χ1) is 11.5. The fourth-order valence-corrected chi connectivity index (χ4v) is 2.45. The molecule has 1 aromatic rings. The van der Waals surface area contributed by atoms with Crippen molar-refractivity contribution in [1.82, 2.24) is 5.32 Å². The molecule has 0 radical (unpaired) electrons. The Morgan fingerprint density at radius 1 is 1.24 bits per heavy atom. The van der Waals surface area contributed by atoms with Gasteiger partial charge in [-0.2, -0.15) is 13.2 Å². The van der Waals surface area contributed by atoms with E-state index in [0.29, 0.717) is 5.56 Å². The molecule has 1 aromatic carbocycles. The van der Waals surface area contributed by atoms with Crippen LogP contribution in [0.4, 0.5) is 17.6 Å². The van der Waals surface area contributed by atoms with Crippen LogP contribution < -0.4 is 10.1 Å². The van der Waals surface area contributed by atoms with E-state index in [1.165, 1.54) is 38.1 Å². The van der Waals surface area contributed by atoms with Crippen molar-refractivity contribution in [3.8, 4) is 5.75 Å². The Morgan fingerprint density at radius 3 is 2.40 bits per heavy atom. The largest absolute Gasteiger partial charge is 0.460 e. The Morgan fingerprint density at radius 2 is 1.92 bits per heavy atom. The van der Waals surface area contributed by atoms with E-state index in [1.807, 2.05) is 0 Å². The number of alkyl halides is 5. The van der Waals surface area contributed by atoms with Crippen LogP contribution in [0.2, 0.25) is 0 Å². The van der Waals surface area contributed by atoms with Crippen molar-refractivity contribution in [3.05, 3.63) is 52.9 Å². The van der Waals surface area contributed by atoms with Crippen LogP contribution in [-0.4, -0.2) is 24.3 Å². The van der Waals surface area contributed by atoms with Gasteiger partial charge in [-0.25, -0.2) is 4.39 Å². The number of hydrogen-bond acceptors (Lipinski definition) is 3. The van der Waals surface area contributed by atoms with Crippen molar-refractivity contribution in [1.29, 1.82) is 5.41 Å². The van der Waals surface area contributed by atoms with Crippen molar-refractivity contribution in [3.63, 3.8) is 0 Å². The summed E-state index contributed by atoms with van der Waals surface area (Å²) in [5, 5.41) is 10.1. The second kappa shape index (κ2) is 7.07. The summed E-state index contributed by atoms with van der Waals surface area (Å²) in [5.74, 6) is 0.461. The lowest BCUT2D eigenvalue weighted by Gasteiger charge is -2.22. The molecule has 0 aromatic heterocycles. The Hall–Kier alpha value is -2.02. The maximum atomic E-state index is 14.5. The van der Waals surface area contributed by atoms with Crippen molar-refractivity contribution in [2.75, 3.05) is 12.4 Å². The molecule has 3 nitrogen and oxygen atoms in total. The van der Waals surface area contributed by atoms with Crippen molar-refractivity contribution in [2.45, 2.75) is 25.7 Å².